The van der Waals surface area contributed by atoms with Crippen molar-refractivity contribution >= 4 is 23.6 Å². The minimum atomic E-state index is -0.836. The Morgan fingerprint density at radius 1 is 1.40 bits per heavy atom. The van der Waals surface area contributed by atoms with Gasteiger partial charge in [-0.15, -0.1) is 0 Å². The molecule has 2 amide bonds. The number of aliphatic carboxylic acids is 1. The summed E-state index contributed by atoms with van der Waals surface area (Å²) in [6, 6.07) is 7.49. The Kier molecular flexibility index (Phi) is 7.08. The van der Waals surface area contributed by atoms with Crippen LogP contribution in [0.5, 0.6) is 0 Å². The molecule has 1 fully saturated rings. The fourth-order valence-corrected chi connectivity index (χ4v) is 3.29. The lowest BCUT2D eigenvalue weighted by Crippen LogP contribution is -2.43. The number of hydrogen-bond donors (Lipinski definition) is 2. The van der Waals surface area contributed by atoms with Gasteiger partial charge in [0.1, 0.15) is 0 Å². The molecule has 25 heavy (non-hydrogen) atoms. The molecule has 138 valence electrons. The summed E-state index contributed by atoms with van der Waals surface area (Å²) >= 11 is 5.97. The number of carboxylic acids is 1. The molecule has 2 atom stereocenters. The molecule has 0 spiro atoms. The van der Waals surface area contributed by atoms with Crippen LogP contribution in [0.25, 0.3) is 0 Å². The number of nitrogens with zero attached hydrogens (tertiary/aromatic N) is 2. The SMILES string of the molecule is CCCN(C)C(CNC(=O)N1CCC(C(=O)O)C1)c1ccc(Cl)cc1. The highest BCUT2D eigenvalue weighted by atomic mass is 35.5. The summed E-state index contributed by atoms with van der Waals surface area (Å²) in [7, 11) is 2.03. The van der Waals surface area contributed by atoms with Gasteiger partial charge in [-0.05, 0) is 44.1 Å². The average Bonchev–Trinajstić information content (AvgIpc) is 3.07. The normalized spacial score (nSPS) is 18.4. The third-order valence-corrected chi connectivity index (χ3v) is 4.89. The summed E-state index contributed by atoms with van der Waals surface area (Å²) < 4.78 is 0. The zero-order valence-corrected chi connectivity index (χ0v) is 15.5. The number of carboxylic acid groups (broad SMARTS) is 1. The molecule has 1 aliphatic heterocycles. The first-order valence-corrected chi connectivity index (χ1v) is 9.01. The summed E-state index contributed by atoms with van der Waals surface area (Å²) in [6.45, 7) is 4.25. The summed E-state index contributed by atoms with van der Waals surface area (Å²) in [6.07, 6.45) is 1.53. The molecule has 1 aromatic carbocycles. The van der Waals surface area contributed by atoms with Gasteiger partial charge in [-0.1, -0.05) is 30.7 Å². The van der Waals surface area contributed by atoms with Gasteiger partial charge in [-0.2, -0.15) is 0 Å². The highest BCUT2D eigenvalue weighted by Crippen LogP contribution is 2.22. The number of hydrogen-bond acceptors (Lipinski definition) is 3. The number of likely N-dealkylation sites (tertiary alicyclic amines) is 1. The van der Waals surface area contributed by atoms with Crippen LogP contribution >= 0.6 is 11.6 Å². The Balaban J connectivity index is 1.98. The molecule has 6 nitrogen and oxygen atoms in total. The number of benzene rings is 1. The predicted molar refractivity (Wildman–Crippen MR) is 97.8 cm³/mol. The topological polar surface area (TPSA) is 72.9 Å². The second kappa shape index (κ2) is 9.06. The van der Waals surface area contributed by atoms with Gasteiger partial charge >= 0.3 is 12.0 Å². The zero-order chi connectivity index (χ0) is 18.4. The second-order valence-electron chi connectivity index (χ2n) is 6.50. The summed E-state index contributed by atoms with van der Waals surface area (Å²) in [5, 5.41) is 12.7. The molecule has 1 aromatic rings. The van der Waals surface area contributed by atoms with Crippen molar-refractivity contribution in [1.29, 1.82) is 0 Å². The molecule has 2 N–H and O–H groups in total. The molecule has 7 heteroatoms. The molecular formula is C18H26ClN3O3. The molecule has 1 saturated heterocycles. The van der Waals surface area contributed by atoms with Gasteiger partial charge in [0.15, 0.2) is 0 Å². The number of urea groups is 1. The minimum absolute atomic E-state index is 0.0408. The van der Waals surface area contributed by atoms with Gasteiger partial charge in [0, 0.05) is 24.7 Å². The lowest BCUT2D eigenvalue weighted by Gasteiger charge is -2.29. The first-order chi connectivity index (χ1) is 11.9. The zero-order valence-electron chi connectivity index (χ0n) is 14.7. The minimum Gasteiger partial charge on any atom is -0.481 e. The maximum Gasteiger partial charge on any atom is 0.317 e. The van der Waals surface area contributed by atoms with E-state index in [-0.39, 0.29) is 18.6 Å². The smallest absolute Gasteiger partial charge is 0.317 e. The fraction of sp³-hybridized carbons (Fsp3) is 0.556. The number of likely N-dealkylation sites (N-methyl/N-ethyl adjacent to an activating group) is 1. The standard InChI is InChI=1S/C18H26ClN3O3/c1-3-9-21(2)16(13-4-6-15(19)7-5-13)11-20-18(25)22-10-8-14(12-22)17(23)24/h4-7,14,16H,3,8-12H2,1-2H3,(H,20,25)(H,23,24). The highest BCUT2D eigenvalue weighted by molar-refractivity contribution is 6.30. The van der Waals surface area contributed by atoms with Crippen molar-refractivity contribution < 1.29 is 14.7 Å². The molecule has 0 saturated carbocycles. The number of carbonyl (C=O) groups excluding carboxylic acids is 1. The molecule has 0 bridgehead atoms. The van der Waals surface area contributed by atoms with Crippen molar-refractivity contribution in [2.75, 3.05) is 33.2 Å². The predicted octanol–water partition coefficient (Wildman–Crippen LogP) is 2.84. The molecule has 0 radical (unpaired) electrons. The Morgan fingerprint density at radius 3 is 2.64 bits per heavy atom. The van der Waals surface area contributed by atoms with Crippen molar-refractivity contribution in [1.82, 2.24) is 15.1 Å². The Morgan fingerprint density at radius 2 is 2.08 bits per heavy atom. The first kappa shape index (κ1) is 19.5. The van der Waals surface area contributed by atoms with E-state index in [0.29, 0.717) is 24.5 Å². The van der Waals surface area contributed by atoms with E-state index < -0.39 is 11.9 Å². The van der Waals surface area contributed by atoms with Gasteiger partial charge in [0.25, 0.3) is 0 Å². The molecule has 2 rings (SSSR count). The van der Waals surface area contributed by atoms with Gasteiger partial charge in [-0.25, -0.2) is 4.79 Å². The van der Waals surface area contributed by atoms with Crippen LogP contribution in [0.4, 0.5) is 4.79 Å². The van der Waals surface area contributed by atoms with Crippen molar-refractivity contribution in [2.24, 2.45) is 5.92 Å². The van der Waals surface area contributed by atoms with E-state index in [1.165, 1.54) is 0 Å². The van der Waals surface area contributed by atoms with Crippen molar-refractivity contribution in [3.63, 3.8) is 0 Å². The number of amides is 2. The van der Waals surface area contributed by atoms with Crippen molar-refractivity contribution in [2.45, 2.75) is 25.8 Å². The summed E-state index contributed by atoms with van der Waals surface area (Å²) in [4.78, 5) is 27.2. The van der Waals surface area contributed by atoms with E-state index in [4.69, 9.17) is 16.7 Å². The fourth-order valence-electron chi connectivity index (χ4n) is 3.16. The van der Waals surface area contributed by atoms with E-state index in [1.807, 2.05) is 31.3 Å². The van der Waals surface area contributed by atoms with Crippen molar-refractivity contribution in [3.8, 4) is 0 Å². The van der Waals surface area contributed by atoms with Gasteiger partial charge in [0.2, 0.25) is 0 Å². The van der Waals surface area contributed by atoms with Crippen LogP contribution in [0.1, 0.15) is 31.4 Å². The van der Waals surface area contributed by atoms with Crippen LogP contribution in [-0.4, -0.2) is 60.1 Å². The number of halogens is 1. The van der Waals surface area contributed by atoms with Crippen LogP contribution in [0.15, 0.2) is 24.3 Å². The summed E-state index contributed by atoms with van der Waals surface area (Å²) in [5.74, 6) is -1.29. The second-order valence-corrected chi connectivity index (χ2v) is 6.94. The maximum absolute atomic E-state index is 12.4. The van der Waals surface area contributed by atoms with Crippen LogP contribution in [0.3, 0.4) is 0 Å². The summed E-state index contributed by atoms with van der Waals surface area (Å²) in [5.41, 5.74) is 1.09. The quantitative estimate of drug-likeness (QED) is 0.777. The van der Waals surface area contributed by atoms with E-state index in [1.54, 1.807) is 4.90 Å². The highest BCUT2D eigenvalue weighted by Gasteiger charge is 2.31. The lowest BCUT2D eigenvalue weighted by atomic mass is 10.1. The molecule has 0 aliphatic carbocycles. The lowest BCUT2D eigenvalue weighted by molar-refractivity contribution is -0.141. The Hall–Kier alpha value is -1.79. The Labute approximate surface area is 153 Å². The maximum atomic E-state index is 12.4. The van der Waals surface area contributed by atoms with Gasteiger partial charge in [0.05, 0.1) is 12.0 Å². The average molecular weight is 368 g/mol. The Bertz CT molecular complexity index is 594. The molecule has 0 aromatic heterocycles. The molecule has 1 aliphatic rings. The number of rotatable bonds is 7. The van der Waals surface area contributed by atoms with Crippen LogP contribution < -0.4 is 5.32 Å². The van der Waals surface area contributed by atoms with Crippen molar-refractivity contribution in [3.05, 3.63) is 34.9 Å². The van der Waals surface area contributed by atoms with Crippen LogP contribution in [-0.2, 0) is 4.79 Å². The molecular weight excluding hydrogens is 342 g/mol. The van der Waals surface area contributed by atoms with Crippen LogP contribution in [0.2, 0.25) is 5.02 Å². The van der Waals surface area contributed by atoms with Gasteiger partial charge in [-0.3, -0.25) is 9.69 Å². The number of carbonyl (C=O) groups is 2. The monoisotopic (exact) mass is 367 g/mol. The number of nitrogens with one attached hydrogen (secondary N) is 1. The third-order valence-electron chi connectivity index (χ3n) is 4.63. The largest absolute Gasteiger partial charge is 0.481 e. The van der Waals surface area contributed by atoms with Gasteiger partial charge < -0.3 is 15.3 Å². The van der Waals surface area contributed by atoms with E-state index in [0.717, 1.165) is 18.5 Å². The third kappa shape index (κ3) is 5.34. The van der Waals surface area contributed by atoms with E-state index >= 15 is 0 Å². The molecule has 1 heterocycles. The van der Waals surface area contributed by atoms with Crippen LogP contribution in [0, 0.1) is 5.92 Å². The first-order valence-electron chi connectivity index (χ1n) is 8.63. The molecule has 2 unspecified atom stereocenters. The van der Waals surface area contributed by atoms with E-state index in [2.05, 4.69) is 17.1 Å². The van der Waals surface area contributed by atoms with E-state index in [9.17, 15) is 9.59 Å².